The number of benzene rings is 16. The SMILES string of the molecule is Brc1ccc2c3c(cccc13)-c1ccccc1-2.C.c1ccc(-n2c3ccccc3c3ccc(-c4ccc5c(c4)Cc4ccccc4-5)cc32)cc1.c1ccc(-n2c3ccccc3c3ccc(-c4ccc5c6ccccc6n(-c6ccc7c8c(cccc68)-c6ccccc6-7)c5c4)cc32)cc1. The Labute approximate surface area is 576 Å². The molecule has 460 valence electrons. The maximum atomic E-state index is 3.64. The normalized spacial score (nSPS) is 12.0. The molecule has 0 aliphatic heterocycles. The molecule has 19 aromatic rings. The van der Waals surface area contributed by atoms with E-state index >= 15 is 0 Å². The van der Waals surface area contributed by atoms with Crippen LogP contribution in [0.25, 0.3) is 182 Å². The molecule has 0 atom stereocenters. The fourth-order valence-corrected chi connectivity index (χ4v) is 17.0. The fourth-order valence-electron chi connectivity index (χ4n) is 16.5. The summed E-state index contributed by atoms with van der Waals surface area (Å²) in [5.41, 5.74) is 32.2. The van der Waals surface area contributed by atoms with Crippen molar-refractivity contribution >= 4 is 103 Å². The quantitative estimate of drug-likeness (QED) is 0.163. The van der Waals surface area contributed by atoms with Gasteiger partial charge < -0.3 is 13.7 Å². The van der Waals surface area contributed by atoms with E-state index in [0.717, 1.165) is 6.42 Å². The van der Waals surface area contributed by atoms with Gasteiger partial charge in [-0.05, 0) is 184 Å². The van der Waals surface area contributed by atoms with Crippen molar-refractivity contribution in [3.8, 4) is 95.0 Å². The van der Waals surface area contributed by atoms with Gasteiger partial charge in [-0.15, -0.1) is 0 Å². The highest BCUT2D eigenvalue weighted by Gasteiger charge is 2.26. The largest absolute Gasteiger partial charge is 0.309 e. The molecule has 0 fully saturated rings. The molecule has 0 radical (unpaired) electrons. The van der Waals surface area contributed by atoms with Crippen molar-refractivity contribution in [2.45, 2.75) is 13.8 Å². The first-order valence-electron chi connectivity index (χ1n) is 33.5. The second kappa shape index (κ2) is 22.8. The van der Waals surface area contributed by atoms with Crippen LogP contribution in [0, 0.1) is 0 Å². The molecule has 3 aliphatic carbocycles. The van der Waals surface area contributed by atoms with Crippen molar-refractivity contribution < 1.29 is 0 Å². The Morgan fingerprint density at radius 1 is 0.214 bits per heavy atom. The molecule has 0 spiro atoms. The van der Waals surface area contributed by atoms with Crippen molar-refractivity contribution in [3.05, 3.63) is 355 Å². The molecule has 3 aromatic heterocycles. The fraction of sp³-hybridized carbons (Fsp3) is 0.0213. The van der Waals surface area contributed by atoms with Gasteiger partial charge in [-0.1, -0.05) is 290 Å². The van der Waals surface area contributed by atoms with Crippen LogP contribution in [0.3, 0.4) is 0 Å². The molecule has 0 bridgehead atoms. The lowest BCUT2D eigenvalue weighted by Crippen LogP contribution is -1.96. The summed E-state index contributed by atoms with van der Waals surface area (Å²) in [6, 6.07) is 124. The number of fused-ring (bicyclic) bond motifs is 18. The lowest BCUT2D eigenvalue weighted by Gasteiger charge is -2.14. The zero-order valence-corrected chi connectivity index (χ0v) is 54.3. The molecule has 0 unspecified atom stereocenters. The van der Waals surface area contributed by atoms with Crippen LogP contribution in [0.15, 0.2) is 344 Å². The van der Waals surface area contributed by atoms with Crippen LogP contribution >= 0.6 is 15.9 Å². The van der Waals surface area contributed by atoms with Crippen LogP contribution < -0.4 is 0 Å². The molecule has 3 heterocycles. The first kappa shape index (κ1) is 57.4. The second-order valence-electron chi connectivity index (χ2n) is 25.9. The first-order chi connectivity index (χ1) is 48.1. The smallest absolute Gasteiger partial charge is 0.0547 e. The van der Waals surface area contributed by atoms with Crippen molar-refractivity contribution in [2.24, 2.45) is 0 Å². The minimum Gasteiger partial charge on any atom is -0.309 e. The summed E-state index contributed by atoms with van der Waals surface area (Å²) in [5.74, 6) is 0. The van der Waals surface area contributed by atoms with Crippen LogP contribution in [-0.4, -0.2) is 13.7 Å². The van der Waals surface area contributed by atoms with E-state index in [0.29, 0.717) is 0 Å². The molecule has 0 N–H and O–H groups in total. The van der Waals surface area contributed by atoms with Crippen LogP contribution in [0.4, 0.5) is 0 Å². The van der Waals surface area contributed by atoms with Gasteiger partial charge in [-0.2, -0.15) is 0 Å². The van der Waals surface area contributed by atoms with Crippen LogP contribution in [0.2, 0.25) is 0 Å². The van der Waals surface area contributed by atoms with E-state index in [9.17, 15) is 0 Å². The Balaban J connectivity index is 0.000000115. The number of nitrogens with zero attached hydrogens (tertiary/aromatic N) is 3. The van der Waals surface area contributed by atoms with Crippen molar-refractivity contribution in [1.29, 1.82) is 0 Å². The van der Waals surface area contributed by atoms with Crippen molar-refractivity contribution in [2.75, 3.05) is 0 Å². The van der Waals surface area contributed by atoms with E-state index in [2.05, 4.69) is 369 Å². The summed E-state index contributed by atoms with van der Waals surface area (Å²) in [6.07, 6.45) is 1.02. The summed E-state index contributed by atoms with van der Waals surface area (Å²) in [7, 11) is 0. The monoisotopic (exact) mass is 1310 g/mol. The van der Waals surface area contributed by atoms with E-state index in [-0.39, 0.29) is 7.43 Å². The molecule has 0 saturated heterocycles. The van der Waals surface area contributed by atoms with Gasteiger partial charge in [0.2, 0.25) is 0 Å². The molecule has 3 nitrogen and oxygen atoms in total. The van der Waals surface area contributed by atoms with Gasteiger partial charge in [0.15, 0.2) is 0 Å². The summed E-state index contributed by atoms with van der Waals surface area (Å²) >= 11 is 3.64. The Morgan fingerprint density at radius 3 is 1.07 bits per heavy atom. The van der Waals surface area contributed by atoms with E-state index in [1.807, 2.05) is 0 Å². The Morgan fingerprint density at radius 2 is 0.551 bits per heavy atom. The summed E-state index contributed by atoms with van der Waals surface area (Å²) in [6.45, 7) is 0. The highest BCUT2D eigenvalue weighted by molar-refractivity contribution is 9.10. The standard InChI is InChI=1S/C46H28N2.C31H21N.C16H9Br.CH4/c1-2-11-31(12-3-1)47-41-19-8-6-15-34(41)36-23-21-29(27-44(36)47)30-22-24-37-35-16-7-9-20-42(35)48(45(37)28-30)43-26-25-39-33-14-5-4-13-32(33)38-17-10-18-40(43)46(38)39;1-2-9-25(10-3-1)32-30-13-7-6-12-28(30)29-17-15-22(20-31(29)32)21-14-16-27-24(18-21)19-23-8-4-5-11-26(23)27;17-15-9-8-13-11-5-2-1-4-10(11)12-6-3-7-14(15)16(12)13;/h1-28H;1-18,20H,19H2;1-9H;1H4. The van der Waals surface area contributed by atoms with Gasteiger partial charge in [0, 0.05) is 53.6 Å². The lowest BCUT2D eigenvalue weighted by atomic mass is 9.98. The molecule has 22 rings (SSSR count). The Kier molecular flexibility index (Phi) is 13.4. The van der Waals surface area contributed by atoms with Crippen LogP contribution in [-0.2, 0) is 6.42 Å². The summed E-state index contributed by atoms with van der Waals surface area (Å²) < 4.78 is 8.44. The predicted molar refractivity (Wildman–Crippen MR) is 420 cm³/mol. The average molecular weight is 1310 g/mol. The molecular weight excluding hydrogens is 1250 g/mol. The van der Waals surface area contributed by atoms with E-state index in [1.165, 1.54) is 198 Å². The summed E-state index contributed by atoms with van der Waals surface area (Å²) in [5, 5.41) is 13.0. The molecule has 0 saturated carbocycles. The van der Waals surface area contributed by atoms with Gasteiger partial charge in [-0.25, -0.2) is 0 Å². The number of halogens is 1. The number of rotatable bonds is 5. The number of hydrogen-bond donors (Lipinski definition) is 0. The highest BCUT2D eigenvalue weighted by atomic mass is 79.9. The van der Waals surface area contributed by atoms with Gasteiger partial charge in [-0.3, -0.25) is 0 Å². The third kappa shape index (κ3) is 8.81. The first-order valence-corrected chi connectivity index (χ1v) is 34.2. The minimum absolute atomic E-state index is 0. The van der Waals surface area contributed by atoms with Gasteiger partial charge in [0.25, 0.3) is 0 Å². The Bertz CT molecular complexity index is 6420. The third-order valence-electron chi connectivity index (χ3n) is 20.8. The molecule has 0 amide bonds. The lowest BCUT2D eigenvalue weighted by molar-refractivity contribution is 1.18. The summed E-state index contributed by atoms with van der Waals surface area (Å²) in [4.78, 5) is 0. The molecular formula is C94H62BrN3. The number of para-hydroxylation sites is 5. The zero-order chi connectivity index (χ0) is 63.8. The van der Waals surface area contributed by atoms with Crippen LogP contribution in [0.5, 0.6) is 0 Å². The van der Waals surface area contributed by atoms with E-state index in [4.69, 9.17) is 0 Å². The number of hydrogen-bond acceptors (Lipinski definition) is 0. The minimum atomic E-state index is 0. The van der Waals surface area contributed by atoms with Gasteiger partial charge in [0.05, 0.1) is 38.8 Å². The van der Waals surface area contributed by atoms with Crippen molar-refractivity contribution in [3.63, 3.8) is 0 Å². The second-order valence-corrected chi connectivity index (χ2v) is 26.8. The number of aromatic nitrogens is 3. The van der Waals surface area contributed by atoms with Gasteiger partial charge in [0.1, 0.15) is 0 Å². The van der Waals surface area contributed by atoms with Gasteiger partial charge >= 0.3 is 0 Å². The maximum absolute atomic E-state index is 3.64. The molecule has 16 aromatic carbocycles. The topological polar surface area (TPSA) is 14.8 Å². The van der Waals surface area contributed by atoms with E-state index in [1.54, 1.807) is 0 Å². The highest BCUT2D eigenvalue weighted by Crippen LogP contribution is 2.51. The molecule has 98 heavy (non-hydrogen) atoms. The van der Waals surface area contributed by atoms with Crippen LogP contribution in [0.1, 0.15) is 18.6 Å². The third-order valence-corrected chi connectivity index (χ3v) is 21.5. The average Bonchev–Trinajstić information content (AvgIpc) is 1.55. The predicted octanol–water partition coefficient (Wildman–Crippen LogP) is 26.3. The molecule has 4 heteroatoms. The van der Waals surface area contributed by atoms with Crippen molar-refractivity contribution in [1.82, 2.24) is 13.7 Å². The maximum Gasteiger partial charge on any atom is 0.0547 e. The zero-order valence-electron chi connectivity index (χ0n) is 52.8. The molecule has 3 aliphatic rings. The van der Waals surface area contributed by atoms with E-state index < -0.39 is 0 Å². The Hall–Kier alpha value is -12.1.